The number of aliphatic hydroxyl groups is 1. The summed E-state index contributed by atoms with van der Waals surface area (Å²) in [5.74, 6) is 0. The van der Waals surface area contributed by atoms with Crippen molar-refractivity contribution in [1.82, 2.24) is 0 Å². The third-order valence-corrected chi connectivity index (χ3v) is 0.862. The van der Waals surface area contributed by atoms with Crippen LogP contribution < -0.4 is 0 Å². The van der Waals surface area contributed by atoms with Gasteiger partial charge in [-0.2, -0.15) is 0 Å². The first kappa shape index (κ1) is 13.6. The molecule has 0 saturated carbocycles. The lowest BCUT2D eigenvalue weighted by Crippen LogP contribution is -2.16. The third-order valence-electron chi connectivity index (χ3n) is 0.862. The van der Waals surface area contributed by atoms with Gasteiger partial charge in [0.1, 0.15) is 0 Å². The van der Waals surface area contributed by atoms with Crippen LogP contribution in [0.2, 0.25) is 0 Å². The fourth-order valence-corrected chi connectivity index (χ4v) is 0.612. The minimum Gasteiger partial charge on any atom is -0.390 e. The SMILES string of the molecule is CCCC(C)(C)O.O=[P+](O)O. The second-order valence-electron chi connectivity index (χ2n) is 2.82. The molecule has 0 spiro atoms. The van der Waals surface area contributed by atoms with E-state index in [0.29, 0.717) is 0 Å². The van der Waals surface area contributed by atoms with Crippen molar-refractivity contribution < 1.29 is 19.5 Å². The highest BCUT2D eigenvalue weighted by molar-refractivity contribution is 7.30. The first-order chi connectivity index (χ1) is 4.79. The van der Waals surface area contributed by atoms with E-state index in [9.17, 15) is 0 Å². The molecule has 0 heterocycles. The van der Waals surface area contributed by atoms with Gasteiger partial charge >= 0.3 is 8.25 Å². The molecule has 0 radical (unpaired) electrons. The van der Waals surface area contributed by atoms with Crippen LogP contribution in [0, 0.1) is 0 Å². The summed E-state index contributed by atoms with van der Waals surface area (Å²) in [4.78, 5) is 14.2. The zero-order chi connectivity index (χ0) is 9.49. The molecule has 0 aromatic rings. The van der Waals surface area contributed by atoms with Gasteiger partial charge in [-0.15, -0.1) is 9.79 Å². The summed E-state index contributed by atoms with van der Waals surface area (Å²) in [6.45, 7) is 5.73. The lowest BCUT2D eigenvalue weighted by molar-refractivity contribution is 0.0703. The molecule has 5 heteroatoms. The molecule has 0 unspecified atom stereocenters. The van der Waals surface area contributed by atoms with Gasteiger partial charge in [-0.05, 0) is 20.3 Å². The van der Waals surface area contributed by atoms with Gasteiger partial charge in [0, 0.05) is 4.57 Å². The fraction of sp³-hybridized carbons (Fsp3) is 1.00. The van der Waals surface area contributed by atoms with Crippen LogP contribution in [-0.2, 0) is 4.57 Å². The van der Waals surface area contributed by atoms with Crippen LogP contribution in [0.4, 0.5) is 0 Å². The number of hydrogen-bond donors (Lipinski definition) is 3. The standard InChI is InChI=1S/C6H14O.HO3P/c1-4-5-6(2,3)7;1-4(2)3/h7H,4-5H2,1-3H3;(H-,1,2,3)/p+1. The molecule has 0 aliphatic carbocycles. The Kier molecular flexibility index (Phi) is 8.23. The summed E-state index contributed by atoms with van der Waals surface area (Å²) in [7, 11) is -2.87. The molecular weight excluding hydrogens is 167 g/mol. The maximum Gasteiger partial charge on any atom is 0.692 e. The Bertz CT molecular complexity index is 104. The van der Waals surface area contributed by atoms with Crippen LogP contribution in [0.25, 0.3) is 0 Å². The molecule has 0 aromatic heterocycles. The lowest BCUT2D eigenvalue weighted by Gasteiger charge is -2.14. The van der Waals surface area contributed by atoms with Crippen LogP contribution in [0.5, 0.6) is 0 Å². The van der Waals surface area contributed by atoms with E-state index in [1.54, 1.807) is 0 Å². The molecule has 3 N–H and O–H groups in total. The Morgan fingerprint density at radius 2 is 1.64 bits per heavy atom. The minimum absolute atomic E-state index is 0.450. The average Bonchev–Trinajstić information content (AvgIpc) is 1.58. The molecule has 0 aliphatic rings. The van der Waals surface area contributed by atoms with Crippen molar-refractivity contribution >= 4 is 8.25 Å². The van der Waals surface area contributed by atoms with Crippen molar-refractivity contribution in [2.45, 2.75) is 39.2 Å². The van der Waals surface area contributed by atoms with Crippen LogP contribution in [0.15, 0.2) is 0 Å². The van der Waals surface area contributed by atoms with Crippen LogP contribution in [-0.4, -0.2) is 20.5 Å². The molecular formula is C6H16O4P+. The highest BCUT2D eigenvalue weighted by atomic mass is 31.1. The molecule has 68 valence electrons. The summed E-state index contributed by atoms with van der Waals surface area (Å²) in [5.41, 5.74) is -0.450. The maximum atomic E-state index is 9.02. The number of rotatable bonds is 2. The second-order valence-corrected chi connectivity index (χ2v) is 3.32. The molecule has 0 atom stereocenters. The minimum atomic E-state index is -2.87. The van der Waals surface area contributed by atoms with E-state index in [1.807, 2.05) is 13.8 Å². The molecule has 0 aliphatic heterocycles. The quantitative estimate of drug-likeness (QED) is 0.562. The molecule has 0 saturated heterocycles. The van der Waals surface area contributed by atoms with E-state index in [4.69, 9.17) is 19.5 Å². The van der Waals surface area contributed by atoms with Gasteiger partial charge in [0.15, 0.2) is 0 Å². The van der Waals surface area contributed by atoms with Gasteiger partial charge < -0.3 is 5.11 Å². The third kappa shape index (κ3) is 40.1. The molecule has 0 aromatic carbocycles. The Morgan fingerprint density at radius 3 is 1.64 bits per heavy atom. The van der Waals surface area contributed by atoms with Gasteiger partial charge in [0.25, 0.3) is 0 Å². The predicted molar refractivity (Wildman–Crippen MR) is 43.2 cm³/mol. The van der Waals surface area contributed by atoms with Crippen molar-refractivity contribution in [2.24, 2.45) is 0 Å². The fourth-order valence-electron chi connectivity index (χ4n) is 0.612. The zero-order valence-electron chi connectivity index (χ0n) is 7.11. The summed E-state index contributed by atoms with van der Waals surface area (Å²) >= 11 is 0. The highest BCUT2D eigenvalue weighted by Gasteiger charge is 2.08. The van der Waals surface area contributed by atoms with E-state index in [0.717, 1.165) is 12.8 Å². The Morgan fingerprint density at radius 1 is 1.36 bits per heavy atom. The van der Waals surface area contributed by atoms with Gasteiger partial charge in [-0.1, -0.05) is 13.3 Å². The molecule has 0 amide bonds. The van der Waals surface area contributed by atoms with Crippen molar-refractivity contribution in [2.75, 3.05) is 0 Å². The van der Waals surface area contributed by atoms with E-state index >= 15 is 0 Å². The van der Waals surface area contributed by atoms with E-state index in [1.165, 1.54) is 0 Å². The molecule has 0 bridgehead atoms. The maximum absolute atomic E-state index is 9.02. The highest BCUT2D eigenvalue weighted by Crippen LogP contribution is 2.08. The summed E-state index contributed by atoms with van der Waals surface area (Å²) in [6, 6.07) is 0. The Balaban J connectivity index is 0. The summed E-state index contributed by atoms with van der Waals surface area (Å²) in [5, 5.41) is 9.02. The van der Waals surface area contributed by atoms with E-state index < -0.39 is 13.9 Å². The van der Waals surface area contributed by atoms with Crippen molar-refractivity contribution in [3.05, 3.63) is 0 Å². The van der Waals surface area contributed by atoms with Gasteiger partial charge in [0.05, 0.1) is 5.60 Å². The Hall–Kier alpha value is -0.0200. The smallest absolute Gasteiger partial charge is 0.390 e. The molecule has 0 rings (SSSR count). The molecule has 4 nitrogen and oxygen atoms in total. The van der Waals surface area contributed by atoms with Crippen molar-refractivity contribution in [1.29, 1.82) is 0 Å². The van der Waals surface area contributed by atoms with E-state index in [2.05, 4.69) is 6.92 Å². The first-order valence-corrected chi connectivity index (χ1v) is 4.53. The summed E-state index contributed by atoms with van der Waals surface area (Å²) < 4.78 is 8.70. The van der Waals surface area contributed by atoms with E-state index in [-0.39, 0.29) is 0 Å². The van der Waals surface area contributed by atoms with Crippen molar-refractivity contribution in [3.8, 4) is 0 Å². The summed E-state index contributed by atoms with van der Waals surface area (Å²) in [6.07, 6.45) is 1.95. The van der Waals surface area contributed by atoms with Crippen LogP contribution in [0.1, 0.15) is 33.6 Å². The lowest BCUT2D eigenvalue weighted by atomic mass is 10.0. The van der Waals surface area contributed by atoms with Gasteiger partial charge in [0.2, 0.25) is 0 Å². The topological polar surface area (TPSA) is 77.8 Å². The molecule has 11 heavy (non-hydrogen) atoms. The second kappa shape index (κ2) is 6.68. The largest absolute Gasteiger partial charge is 0.692 e. The van der Waals surface area contributed by atoms with Gasteiger partial charge in [-0.25, -0.2) is 0 Å². The normalized spacial score (nSPS) is 10.0. The predicted octanol–water partition coefficient (Wildman–Crippen LogP) is 1.19. The Labute approximate surface area is 67.8 Å². The van der Waals surface area contributed by atoms with Crippen LogP contribution >= 0.6 is 8.25 Å². The monoisotopic (exact) mass is 183 g/mol. The van der Waals surface area contributed by atoms with Crippen LogP contribution in [0.3, 0.4) is 0 Å². The first-order valence-electron chi connectivity index (χ1n) is 3.37. The zero-order valence-corrected chi connectivity index (χ0v) is 8.01. The number of hydrogen-bond acceptors (Lipinski definition) is 2. The molecule has 0 fully saturated rings. The average molecular weight is 183 g/mol. The van der Waals surface area contributed by atoms with Crippen molar-refractivity contribution in [3.63, 3.8) is 0 Å². The van der Waals surface area contributed by atoms with Gasteiger partial charge in [-0.3, -0.25) is 0 Å².